The monoisotopic (exact) mass is 235 g/mol. The Balaban J connectivity index is 2.66. The van der Waals surface area contributed by atoms with Crippen LogP contribution in [0.3, 0.4) is 0 Å². The predicted molar refractivity (Wildman–Crippen MR) is 72.1 cm³/mol. The Kier molecular flexibility index (Phi) is 4.97. The lowest BCUT2D eigenvalue weighted by atomic mass is 10.2. The summed E-state index contributed by atoms with van der Waals surface area (Å²) < 4.78 is 0. The summed E-state index contributed by atoms with van der Waals surface area (Å²) in [5.74, 6) is 0.0635. The highest BCUT2D eigenvalue weighted by molar-refractivity contribution is 5.91. The van der Waals surface area contributed by atoms with Crippen LogP contribution in [0.1, 0.15) is 13.3 Å². The average molecular weight is 235 g/mol. The number of anilines is 2. The van der Waals surface area contributed by atoms with Crippen molar-refractivity contribution in [3.8, 4) is 0 Å². The summed E-state index contributed by atoms with van der Waals surface area (Å²) in [6.45, 7) is 3.29. The molecule has 0 aliphatic heterocycles. The fourth-order valence-electron chi connectivity index (χ4n) is 1.67. The van der Waals surface area contributed by atoms with Gasteiger partial charge in [-0.3, -0.25) is 4.79 Å². The first-order chi connectivity index (χ1) is 8.00. The fourth-order valence-corrected chi connectivity index (χ4v) is 1.67. The van der Waals surface area contributed by atoms with Crippen molar-refractivity contribution >= 4 is 17.3 Å². The lowest BCUT2D eigenvalue weighted by Crippen LogP contribution is -2.31. The van der Waals surface area contributed by atoms with Crippen molar-refractivity contribution in [1.29, 1.82) is 0 Å². The van der Waals surface area contributed by atoms with Crippen molar-refractivity contribution in [1.82, 2.24) is 4.90 Å². The van der Waals surface area contributed by atoms with E-state index in [1.165, 1.54) is 0 Å². The molecule has 2 N–H and O–H groups in total. The quantitative estimate of drug-likeness (QED) is 0.788. The molecule has 0 heterocycles. The molecule has 1 amide bonds. The highest BCUT2D eigenvalue weighted by Crippen LogP contribution is 2.16. The standard InChI is InChI=1S/C13H21N3O/c1-11(17)16(10-4-9-15(2)3)13-7-5-12(14)6-8-13/h5-8H,4,9-10,14H2,1-3H3. The Bertz CT molecular complexity index is 359. The van der Waals surface area contributed by atoms with E-state index in [1.807, 2.05) is 38.4 Å². The van der Waals surface area contributed by atoms with Gasteiger partial charge in [0.25, 0.3) is 0 Å². The molecule has 0 unspecified atom stereocenters. The van der Waals surface area contributed by atoms with Gasteiger partial charge in [0.15, 0.2) is 0 Å². The van der Waals surface area contributed by atoms with Crippen LogP contribution in [0.25, 0.3) is 0 Å². The molecule has 4 heteroatoms. The second kappa shape index (κ2) is 6.25. The van der Waals surface area contributed by atoms with Gasteiger partial charge in [-0.25, -0.2) is 0 Å². The van der Waals surface area contributed by atoms with Gasteiger partial charge >= 0.3 is 0 Å². The Morgan fingerprint density at radius 2 is 1.76 bits per heavy atom. The largest absolute Gasteiger partial charge is 0.399 e. The number of benzene rings is 1. The van der Waals surface area contributed by atoms with Gasteiger partial charge in [0, 0.05) is 24.8 Å². The van der Waals surface area contributed by atoms with Crippen LogP contribution in [0.4, 0.5) is 11.4 Å². The predicted octanol–water partition coefficient (Wildman–Crippen LogP) is 1.57. The summed E-state index contributed by atoms with van der Waals surface area (Å²) in [6, 6.07) is 7.40. The third kappa shape index (κ3) is 4.44. The minimum absolute atomic E-state index is 0.0635. The summed E-state index contributed by atoms with van der Waals surface area (Å²) in [6.07, 6.45) is 0.955. The van der Waals surface area contributed by atoms with Crippen LogP contribution >= 0.6 is 0 Å². The van der Waals surface area contributed by atoms with Gasteiger partial charge in [-0.15, -0.1) is 0 Å². The van der Waals surface area contributed by atoms with Crippen molar-refractivity contribution < 1.29 is 4.79 Å². The van der Waals surface area contributed by atoms with Crippen molar-refractivity contribution in [2.45, 2.75) is 13.3 Å². The van der Waals surface area contributed by atoms with E-state index in [4.69, 9.17) is 5.73 Å². The minimum Gasteiger partial charge on any atom is -0.399 e. The molecule has 94 valence electrons. The molecule has 0 bridgehead atoms. The molecular formula is C13H21N3O. The third-order valence-electron chi connectivity index (χ3n) is 2.57. The van der Waals surface area contributed by atoms with E-state index in [0.717, 1.165) is 25.2 Å². The smallest absolute Gasteiger partial charge is 0.223 e. The molecule has 1 rings (SSSR count). The Morgan fingerprint density at radius 3 is 2.24 bits per heavy atom. The molecule has 0 atom stereocenters. The molecule has 4 nitrogen and oxygen atoms in total. The number of hydrogen-bond acceptors (Lipinski definition) is 3. The van der Waals surface area contributed by atoms with E-state index in [0.29, 0.717) is 5.69 Å². The van der Waals surface area contributed by atoms with Gasteiger partial charge in [-0.2, -0.15) is 0 Å². The van der Waals surface area contributed by atoms with Gasteiger partial charge in [-0.05, 0) is 51.3 Å². The van der Waals surface area contributed by atoms with Crippen LogP contribution in [0, 0.1) is 0 Å². The zero-order valence-electron chi connectivity index (χ0n) is 10.8. The number of amides is 1. The number of nitrogen functional groups attached to an aromatic ring is 1. The number of carbonyl (C=O) groups is 1. The Hall–Kier alpha value is -1.55. The highest BCUT2D eigenvalue weighted by Gasteiger charge is 2.10. The van der Waals surface area contributed by atoms with E-state index < -0.39 is 0 Å². The third-order valence-corrected chi connectivity index (χ3v) is 2.57. The molecule has 0 aliphatic rings. The normalized spacial score (nSPS) is 10.6. The molecule has 0 fully saturated rings. The fraction of sp³-hybridized carbons (Fsp3) is 0.462. The summed E-state index contributed by atoms with van der Waals surface area (Å²) in [5.41, 5.74) is 7.25. The molecule has 0 radical (unpaired) electrons. The number of nitrogens with two attached hydrogens (primary N) is 1. The molecular weight excluding hydrogens is 214 g/mol. The second-order valence-corrected chi connectivity index (χ2v) is 4.42. The molecule has 0 aromatic heterocycles. The van der Waals surface area contributed by atoms with Gasteiger partial charge in [0.05, 0.1) is 0 Å². The topological polar surface area (TPSA) is 49.6 Å². The maximum Gasteiger partial charge on any atom is 0.223 e. The lowest BCUT2D eigenvalue weighted by molar-refractivity contribution is -0.116. The van der Waals surface area contributed by atoms with Gasteiger partial charge < -0.3 is 15.5 Å². The van der Waals surface area contributed by atoms with E-state index in [-0.39, 0.29) is 5.91 Å². The SMILES string of the molecule is CC(=O)N(CCCN(C)C)c1ccc(N)cc1. The van der Waals surface area contributed by atoms with E-state index in [9.17, 15) is 4.79 Å². The minimum atomic E-state index is 0.0635. The van der Waals surface area contributed by atoms with E-state index in [2.05, 4.69) is 4.90 Å². The summed E-state index contributed by atoms with van der Waals surface area (Å²) in [5, 5.41) is 0. The molecule has 0 saturated carbocycles. The van der Waals surface area contributed by atoms with Crippen LogP contribution in [-0.2, 0) is 4.79 Å². The lowest BCUT2D eigenvalue weighted by Gasteiger charge is -2.22. The highest BCUT2D eigenvalue weighted by atomic mass is 16.2. The number of carbonyl (C=O) groups excluding carboxylic acids is 1. The number of rotatable bonds is 5. The molecule has 0 aliphatic carbocycles. The van der Waals surface area contributed by atoms with Gasteiger partial charge in [0.1, 0.15) is 0 Å². The molecule has 0 spiro atoms. The van der Waals surface area contributed by atoms with Crippen molar-refractivity contribution in [3.63, 3.8) is 0 Å². The first kappa shape index (κ1) is 13.5. The van der Waals surface area contributed by atoms with Crippen LogP contribution in [0.5, 0.6) is 0 Å². The number of nitrogens with zero attached hydrogens (tertiary/aromatic N) is 2. The maximum atomic E-state index is 11.6. The first-order valence-corrected chi connectivity index (χ1v) is 5.79. The van der Waals surface area contributed by atoms with Gasteiger partial charge in [-0.1, -0.05) is 0 Å². The summed E-state index contributed by atoms with van der Waals surface area (Å²) >= 11 is 0. The zero-order valence-corrected chi connectivity index (χ0v) is 10.8. The molecule has 0 saturated heterocycles. The summed E-state index contributed by atoms with van der Waals surface area (Å²) in [4.78, 5) is 15.5. The van der Waals surface area contributed by atoms with E-state index >= 15 is 0 Å². The zero-order chi connectivity index (χ0) is 12.8. The molecule has 17 heavy (non-hydrogen) atoms. The van der Waals surface area contributed by atoms with Gasteiger partial charge in [0.2, 0.25) is 5.91 Å². The number of hydrogen-bond donors (Lipinski definition) is 1. The van der Waals surface area contributed by atoms with Crippen LogP contribution in [0.2, 0.25) is 0 Å². The molecule has 1 aromatic carbocycles. The van der Waals surface area contributed by atoms with Crippen LogP contribution < -0.4 is 10.6 Å². The first-order valence-electron chi connectivity index (χ1n) is 5.79. The van der Waals surface area contributed by atoms with Crippen LogP contribution in [0.15, 0.2) is 24.3 Å². The van der Waals surface area contributed by atoms with Crippen molar-refractivity contribution in [2.75, 3.05) is 37.8 Å². The second-order valence-electron chi connectivity index (χ2n) is 4.42. The van der Waals surface area contributed by atoms with Crippen molar-refractivity contribution in [3.05, 3.63) is 24.3 Å². The van der Waals surface area contributed by atoms with E-state index in [1.54, 1.807) is 11.8 Å². The van der Waals surface area contributed by atoms with Crippen molar-refractivity contribution in [2.24, 2.45) is 0 Å². The summed E-state index contributed by atoms with van der Waals surface area (Å²) in [7, 11) is 4.06. The Morgan fingerprint density at radius 1 is 1.18 bits per heavy atom. The Labute approximate surface area is 103 Å². The molecule has 1 aromatic rings. The van der Waals surface area contributed by atoms with Crippen LogP contribution in [-0.4, -0.2) is 38.0 Å². The maximum absolute atomic E-state index is 11.6. The average Bonchev–Trinajstić information content (AvgIpc) is 2.25.